The maximum Gasteiger partial charge on any atom is 0.0979 e. The molecule has 0 bridgehead atoms. The van der Waals surface area contributed by atoms with Crippen molar-refractivity contribution in [1.29, 1.82) is 0 Å². The summed E-state index contributed by atoms with van der Waals surface area (Å²) in [6.45, 7) is 1.83. The lowest BCUT2D eigenvalue weighted by Gasteiger charge is -2.07. The van der Waals surface area contributed by atoms with Crippen LogP contribution in [0.4, 0.5) is 0 Å². The average Bonchev–Trinajstić information content (AvgIpc) is 2.34. The number of rotatable bonds is 2. The molecule has 0 atom stereocenters. The molecule has 0 saturated heterocycles. The predicted molar refractivity (Wildman–Crippen MR) is 43.0 cm³/mol. The zero-order chi connectivity index (χ0) is 7.40. The zero-order valence-corrected chi connectivity index (χ0v) is 7.03. The molecular weight excluding hydrogens is 148 g/mol. The molecule has 0 unspecified atom stereocenters. The first-order valence-electron chi connectivity index (χ1n) is 3.77. The molecule has 0 aromatic rings. The lowest BCUT2D eigenvalue weighted by atomic mass is 10.3. The smallest absolute Gasteiger partial charge is 0.0979 e. The molecule has 58 valence electrons. The van der Waals surface area contributed by atoms with Gasteiger partial charge in [-0.3, -0.25) is 0 Å². The van der Waals surface area contributed by atoms with Crippen LogP contribution in [0, 0.1) is 0 Å². The Balaban J connectivity index is 2.18. The molecule has 0 N–H and O–H groups in total. The molecule has 0 aliphatic heterocycles. The molecule has 0 aromatic carbocycles. The summed E-state index contributed by atoms with van der Waals surface area (Å²) in [5.74, 6) is 0. The van der Waals surface area contributed by atoms with E-state index in [0.717, 1.165) is 5.03 Å². The van der Waals surface area contributed by atoms with Gasteiger partial charge in [-0.05, 0) is 32.6 Å². The number of halogens is 1. The average molecular weight is 161 g/mol. The normalized spacial score (nSPS) is 21.6. The van der Waals surface area contributed by atoms with E-state index in [-0.39, 0.29) is 0 Å². The topological polar surface area (TPSA) is 9.23 Å². The first-order chi connectivity index (χ1) is 4.79. The predicted octanol–water partition coefficient (Wildman–Crippen LogP) is 3.05. The van der Waals surface area contributed by atoms with Crippen molar-refractivity contribution in [2.45, 2.75) is 38.7 Å². The van der Waals surface area contributed by atoms with E-state index >= 15 is 0 Å². The minimum Gasteiger partial charge on any atom is -0.497 e. The van der Waals surface area contributed by atoms with Crippen molar-refractivity contribution in [2.75, 3.05) is 0 Å². The minimum atomic E-state index is 0.439. The molecule has 0 amide bonds. The van der Waals surface area contributed by atoms with Crippen LogP contribution in [0.2, 0.25) is 0 Å². The Labute approximate surface area is 67.0 Å². The lowest BCUT2D eigenvalue weighted by molar-refractivity contribution is 0.150. The van der Waals surface area contributed by atoms with Gasteiger partial charge in [0.2, 0.25) is 0 Å². The summed E-state index contributed by atoms with van der Waals surface area (Å²) in [6.07, 6.45) is 7.09. The second-order valence-corrected chi connectivity index (χ2v) is 3.34. The molecule has 0 spiro atoms. The number of ether oxygens (including phenoxy) is 1. The van der Waals surface area contributed by atoms with Crippen LogP contribution in [0.15, 0.2) is 11.3 Å². The molecule has 1 saturated carbocycles. The van der Waals surface area contributed by atoms with Crippen molar-refractivity contribution in [2.24, 2.45) is 0 Å². The standard InChI is InChI=1S/C8H13ClO/c1-7(9)6-10-8-4-2-3-5-8/h6,8H,2-5H2,1H3/b7-6-. The first kappa shape index (κ1) is 7.93. The van der Waals surface area contributed by atoms with Crippen LogP contribution in [-0.2, 0) is 4.74 Å². The maximum absolute atomic E-state index is 5.59. The second-order valence-electron chi connectivity index (χ2n) is 2.75. The van der Waals surface area contributed by atoms with E-state index in [0.29, 0.717) is 6.10 Å². The van der Waals surface area contributed by atoms with Crippen LogP contribution in [-0.4, -0.2) is 6.10 Å². The summed E-state index contributed by atoms with van der Waals surface area (Å²) in [5, 5.41) is 0.729. The summed E-state index contributed by atoms with van der Waals surface area (Å²) in [6, 6.07) is 0. The third-order valence-corrected chi connectivity index (χ3v) is 1.81. The van der Waals surface area contributed by atoms with E-state index in [4.69, 9.17) is 16.3 Å². The molecule has 10 heavy (non-hydrogen) atoms. The van der Waals surface area contributed by atoms with Crippen molar-refractivity contribution in [1.82, 2.24) is 0 Å². The number of hydrogen-bond acceptors (Lipinski definition) is 1. The van der Waals surface area contributed by atoms with E-state index in [2.05, 4.69) is 0 Å². The molecular formula is C8H13ClO. The Morgan fingerprint density at radius 1 is 1.50 bits per heavy atom. The fourth-order valence-electron chi connectivity index (χ4n) is 1.21. The van der Waals surface area contributed by atoms with E-state index in [9.17, 15) is 0 Å². The van der Waals surface area contributed by atoms with Gasteiger partial charge >= 0.3 is 0 Å². The van der Waals surface area contributed by atoms with Crippen LogP contribution in [0.25, 0.3) is 0 Å². The van der Waals surface area contributed by atoms with Crippen molar-refractivity contribution in [3.63, 3.8) is 0 Å². The van der Waals surface area contributed by atoms with Gasteiger partial charge in [-0.25, -0.2) is 0 Å². The monoisotopic (exact) mass is 160 g/mol. The van der Waals surface area contributed by atoms with Gasteiger partial charge in [0.05, 0.1) is 12.4 Å². The maximum atomic E-state index is 5.59. The highest BCUT2D eigenvalue weighted by Gasteiger charge is 2.14. The summed E-state index contributed by atoms with van der Waals surface area (Å²) < 4.78 is 5.37. The quantitative estimate of drug-likeness (QED) is 0.565. The zero-order valence-electron chi connectivity index (χ0n) is 6.27. The summed E-state index contributed by atoms with van der Waals surface area (Å²) in [4.78, 5) is 0. The summed E-state index contributed by atoms with van der Waals surface area (Å²) in [5.41, 5.74) is 0. The molecule has 0 aromatic heterocycles. The van der Waals surface area contributed by atoms with Crippen molar-refractivity contribution < 1.29 is 4.74 Å². The van der Waals surface area contributed by atoms with E-state index in [1.807, 2.05) is 6.92 Å². The highest BCUT2D eigenvalue weighted by Crippen LogP contribution is 2.21. The van der Waals surface area contributed by atoms with Crippen LogP contribution < -0.4 is 0 Å². The highest BCUT2D eigenvalue weighted by atomic mass is 35.5. The Morgan fingerprint density at radius 2 is 2.10 bits per heavy atom. The SMILES string of the molecule is C/C(Cl)=C/OC1CCCC1. The molecule has 1 rings (SSSR count). The Bertz CT molecular complexity index is 121. The van der Waals surface area contributed by atoms with Crippen molar-refractivity contribution in [3.05, 3.63) is 11.3 Å². The first-order valence-corrected chi connectivity index (χ1v) is 4.14. The van der Waals surface area contributed by atoms with Gasteiger partial charge in [-0.1, -0.05) is 11.6 Å². The van der Waals surface area contributed by atoms with E-state index in [1.165, 1.54) is 25.7 Å². The second kappa shape index (κ2) is 3.87. The van der Waals surface area contributed by atoms with Gasteiger partial charge in [0, 0.05) is 5.03 Å². The number of hydrogen-bond donors (Lipinski definition) is 0. The van der Waals surface area contributed by atoms with Crippen molar-refractivity contribution in [3.8, 4) is 0 Å². The van der Waals surface area contributed by atoms with Crippen LogP contribution in [0.1, 0.15) is 32.6 Å². The van der Waals surface area contributed by atoms with Gasteiger partial charge in [0.1, 0.15) is 0 Å². The molecule has 1 nitrogen and oxygen atoms in total. The Hall–Kier alpha value is -0.170. The van der Waals surface area contributed by atoms with Gasteiger partial charge in [-0.15, -0.1) is 0 Å². The lowest BCUT2D eigenvalue weighted by Crippen LogP contribution is -2.01. The Morgan fingerprint density at radius 3 is 2.60 bits per heavy atom. The highest BCUT2D eigenvalue weighted by molar-refractivity contribution is 6.29. The molecule has 1 aliphatic rings. The molecule has 1 aliphatic carbocycles. The third-order valence-electron chi connectivity index (χ3n) is 1.73. The Kier molecular flexibility index (Phi) is 3.07. The largest absolute Gasteiger partial charge is 0.497 e. The van der Waals surface area contributed by atoms with Crippen LogP contribution in [0.3, 0.4) is 0 Å². The number of allylic oxidation sites excluding steroid dienone is 1. The van der Waals surface area contributed by atoms with Gasteiger partial charge in [0.15, 0.2) is 0 Å². The van der Waals surface area contributed by atoms with Gasteiger partial charge < -0.3 is 4.74 Å². The summed E-state index contributed by atoms with van der Waals surface area (Å²) in [7, 11) is 0. The minimum absolute atomic E-state index is 0.439. The molecule has 0 radical (unpaired) electrons. The van der Waals surface area contributed by atoms with E-state index in [1.54, 1.807) is 6.26 Å². The fourth-order valence-corrected chi connectivity index (χ4v) is 1.27. The molecule has 1 fully saturated rings. The van der Waals surface area contributed by atoms with Gasteiger partial charge in [0.25, 0.3) is 0 Å². The van der Waals surface area contributed by atoms with E-state index < -0.39 is 0 Å². The third kappa shape index (κ3) is 2.61. The van der Waals surface area contributed by atoms with Crippen molar-refractivity contribution >= 4 is 11.6 Å². The van der Waals surface area contributed by atoms with Gasteiger partial charge in [-0.2, -0.15) is 0 Å². The molecule has 2 heteroatoms. The van der Waals surface area contributed by atoms with Crippen LogP contribution >= 0.6 is 11.6 Å². The fraction of sp³-hybridized carbons (Fsp3) is 0.750. The van der Waals surface area contributed by atoms with Crippen LogP contribution in [0.5, 0.6) is 0 Å². The summed E-state index contributed by atoms with van der Waals surface area (Å²) >= 11 is 5.59. The molecule has 0 heterocycles.